The van der Waals surface area contributed by atoms with Gasteiger partial charge in [0, 0.05) is 16.6 Å². The highest BCUT2D eigenvalue weighted by molar-refractivity contribution is 7.09. The van der Waals surface area contributed by atoms with Crippen LogP contribution in [0.5, 0.6) is 0 Å². The average molecular weight is 327 g/mol. The molecule has 1 amide bonds. The SMILES string of the molecule is CCc1noc(C)c1C(=O)Nc1ccc(-c2csc(C)n2)cc1. The van der Waals surface area contributed by atoms with Crippen LogP contribution in [0.4, 0.5) is 5.69 Å². The van der Waals surface area contributed by atoms with Gasteiger partial charge in [-0.25, -0.2) is 4.98 Å². The molecule has 3 rings (SSSR count). The molecule has 0 unspecified atom stereocenters. The van der Waals surface area contributed by atoms with E-state index in [0.29, 0.717) is 23.4 Å². The zero-order chi connectivity index (χ0) is 16.4. The maximum absolute atomic E-state index is 12.4. The molecule has 2 heterocycles. The van der Waals surface area contributed by atoms with Crippen LogP contribution in [0.3, 0.4) is 0 Å². The highest BCUT2D eigenvalue weighted by Gasteiger charge is 2.19. The van der Waals surface area contributed by atoms with Gasteiger partial charge >= 0.3 is 0 Å². The molecule has 0 saturated heterocycles. The molecular weight excluding hydrogens is 310 g/mol. The van der Waals surface area contributed by atoms with E-state index in [0.717, 1.165) is 22.0 Å². The summed E-state index contributed by atoms with van der Waals surface area (Å²) in [5, 5.41) is 9.86. The van der Waals surface area contributed by atoms with Gasteiger partial charge in [-0.1, -0.05) is 24.2 Å². The highest BCUT2D eigenvalue weighted by Crippen LogP contribution is 2.24. The van der Waals surface area contributed by atoms with Gasteiger partial charge in [-0.3, -0.25) is 4.79 Å². The van der Waals surface area contributed by atoms with Crippen LogP contribution in [0, 0.1) is 13.8 Å². The Balaban J connectivity index is 1.78. The maximum atomic E-state index is 12.4. The molecule has 3 aromatic rings. The molecule has 1 aromatic carbocycles. The number of hydrogen-bond acceptors (Lipinski definition) is 5. The summed E-state index contributed by atoms with van der Waals surface area (Å²) >= 11 is 1.62. The number of carbonyl (C=O) groups excluding carboxylic acids is 1. The van der Waals surface area contributed by atoms with Crippen molar-refractivity contribution in [2.45, 2.75) is 27.2 Å². The lowest BCUT2D eigenvalue weighted by Gasteiger charge is -2.06. The minimum absolute atomic E-state index is 0.196. The van der Waals surface area contributed by atoms with Gasteiger partial charge in [0.2, 0.25) is 0 Å². The van der Waals surface area contributed by atoms with E-state index in [1.165, 1.54) is 0 Å². The van der Waals surface area contributed by atoms with Crippen molar-refractivity contribution in [3.63, 3.8) is 0 Å². The van der Waals surface area contributed by atoms with E-state index in [1.54, 1.807) is 18.3 Å². The Morgan fingerprint density at radius 1 is 1.26 bits per heavy atom. The number of nitrogens with one attached hydrogen (secondary N) is 1. The first-order valence-corrected chi connectivity index (χ1v) is 8.25. The molecule has 0 aliphatic rings. The molecule has 6 heteroatoms. The van der Waals surface area contributed by atoms with Crippen LogP contribution >= 0.6 is 11.3 Å². The van der Waals surface area contributed by atoms with Crippen molar-refractivity contribution in [2.75, 3.05) is 5.32 Å². The van der Waals surface area contributed by atoms with E-state index in [2.05, 4.69) is 15.5 Å². The number of carbonyl (C=O) groups is 1. The van der Waals surface area contributed by atoms with Crippen LogP contribution in [0.1, 0.15) is 33.7 Å². The van der Waals surface area contributed by atoms with Crippen LogP contribution in [0.25, 0.3) is 11.3 Å². The zero-order valence-electron chi connectivity index (χ0n) is 13.2. The predicted molar refractivity (Wildman–Crippen MR) is 90.9 cm³/mol. The van der Waals surface area contributed by atoms with Crippen LogP contribution < -0.4 is 5.32 Å². The molecule has 5 nitrogen and oxygen atoms in total. The lowest BCUT2D eigenvalue weighted by atomic mass is 10.1. The summed E-state index contributed by atoms with van der Waals surface area (Å²) in [5.41, 5.74) is 3.91. The third kappa shape index (κ3) is 3.17. The third-order valence-corrected chi connectivity index (χ3v) is 4.33. The second-order valence-electron chi connectivity index (χ2n) is 5.20. The van der Waals surface area contributed by atoms with Crippen molar-refractivity contribution < 1.29 is 9.32 Å². The molecule has 1 N–H and O–H groups in total. The summed E-state index contributed by atoms with van der Waals surface area (Å²) in [4.78, 5) is 16.9. The molecule has 118 valence electrons. The molecule has 0 aliphatic heterocycles. The first-order chi connectivity index (χ1) is 11.1. The van der Waals surface area contributed by atoms with Crippen molar-refractivity contribution >= 4 is 22.9 Å². The summed E-state index contributed by atoms with van der Waals surface area (Å²) in [6, 6.07) is 7.64. The Morgan fingerprint density at radius 2 is 2.00 bits per heavy atom. The Morgan fingerprint density at radius 3 is 2.61 bits per heavy atom. The van der Waals surface area contributed by atoms with Crippen molar-refractivity contribution in [3.05, 3.63) is 51.7 Å². The summed E-state index contributed by atoms with van der Waals surface area (Å²) in [6.45, 7) is 5.67. The second kappa shape index (κ2) is 6.34. The summed E-state index contributed by atoms with van der Waals surface area (Å²) in [5.74, 6) is 0.340. The lowest BCUT2D eigenvalue weighted by Crippen LogP contribution is -2.14. The number of aromatic nitrogens is 2. The molecule has 2 aromatic heterocycles. The molecule has 0 bridgehead atoms. The molecule has 0 radical (unpaired) electrons. The largest absolute Gasteiger partial charge is 0.361 e. The Kier molecular flexibility index (Phi) is 4.25. The fourth-order valence-electron chi connectivity index (χ4n) is 2.36. The Labute approximate surface area is 138 Å². The second-order valence-corrected chi connectivity index (χ2v) is 6.26. The van der Waals surface area contributed by atoms with E-state index >= 15 is 0 Å². The van der Waals surface area contributed by atoms with E-state index in [4.69, 9.17) is 4.52 Å². The monoisotopic (exact) mass is 327 g/mol. The Bertz CT molecular complexity index is 834. The molecule has 0 aliphatic carbocycles. The molecule has 0 saturated carbocycles. The van der Waals surface area contributed by atoms with Crippen molar-refractivity contribution in [1.82, 2.24) is 10.1 Å². The highest BCUT2D eigenvalue weighted by atomic mass is 32.1. The van der Waals surface area contributed by atoms with E-state index < -0.39 is 0 Å². The van der Waals surface area contributed by atoms with Gasteiger partial charge < -0.3 is 9.84 Å². The standard InChI is InChI=1S/C17H17N3O2S/c1-4-14-16(10(2)22-20-14)17(21)19-13-7-5-12(6-8-13)15-9-23-11(3)18-15/h5-9H,4H2,1-3H3,(H,19,21). The normalized spacial score (nSPS) is 10.7. The number of benzene rings is 1. The summed E-state index contributed by atoms with van der Waals surface area (Å²) < 4.78 is 5.11. The minimum Gasteiger partial charge on any atom is -0.361 e. The zero-order valence-corrected chi connectivity index (χ0v) is 14.0. The fourth-order valence-corrected chi connectivity index (χ4v) is 2.99. The van der Waals surface area contributed by atoms with Gasteiger partial charge in [-0.2, -0.15) is 0 Å². The Hall–Kier alpha value is -2.47. The van der Waals surface area contributed by atoms with Crippen molar-refractivity contribution in [2.24, 2.45) is 0 Å². The first-order valence-electron chi connectivity index (χ1n) is 7.37. The smallest absolute Gasteiger partial charge is 0.261 e. The summed E-state index contributed by atoms with van der Waals surface area (Å²) in [6.07, 6.45) is 0.655. The quantitative estimate of drug-likeness (QED) is 0.778. The van der Waals surface area contributed by atoms with E-state index in [9.17, 15) is 4.79 Å². The van der Waals surface area contributed by atoms with Crippen molar-refractivity contribution in [3.8, 4) is 11.3 Å². The number of nitrogens with zero attached hydrogens (tertiary/aromatic N) is 2. The van der Waals surface area contributed by atoms with Gasteiger partial charge in [-0.15, -0.1) is 11.3 Å². The topological polar surface area (TPSA) is 68.0 Å². The fraction of sp³-hybridized carbons (Fsp3) is 0.235. The van der Waals surface area contributed by atoms with Crippen LogP contribution in [0.2, 0.25) is 0 Å². The third-order valence-electron chi connectivity index (χ3n) is 3.55. The maximum Gasteiger partial charge on any atom is 0.261 e. The van der Waals surface area contributed by atoms with E-state index in [-0.39, 0.29) is 5.91 Å². The van der Waals surface area contributed by atoms with Gasteiger partial charge in [0.15, 0.2) is 0 Å². The molecular formula is C17H17N3O2S. The number of hydrogen-bond donors (Lipinski definition) is 1. The van der Waals surface area contributed by atoms with Gasteiger partial charge in [0.25, 0.3) is 5.91 Å². The van der Waals surface area contributed by atoms with Crippen LogP contribution in [0.15, 0.2) is 34.2 Å². The van der Waals surface area contributed by atoms with Gasteiger partial charge in [0.05, 0.1) is 16.4 Å². The van der Waals surface area contributed by atoms with Crippen LogP contribution in [-0.4, -0.2) is 16.0 Å². The molecule has 0 fully saturated rings. The van der Waals surface area contributed by atoms with E-state index in [1.807, 2.05) is 43.5 Å². The predicted octanol–water partition coefficient (Wildman–Crippen LogP) is 4.23. The number of amides is 1. The van der Waals surface area contributed by atoms with Gasteiger partial charge in [-0.05, 0) is 32.4 Å². The number of aryl methyl sites for hydroxylation is 3. The average Bonchev–Trinajstić information content (AvgIpc) is 3.13. The minimum atomic E-state index is -0.196. The molecule has 23 heavy (non-hydrogen) atoms. The summed E-state index contributed by atoms with van der Waals surface area (Å²) in [7, 11) is 0. The van der Waals surface area contributed by atoms with Gasteiger partial charge in [0.1, 0.15) is 11.3 Å². The lowest BCUT2D eigenvalue weighted by molar-refractivity contribution is 0.102. The van der Waals surface area contributed by atoms with Crippen LogP contribution in [-0.2, 0) is 6.42 Å². The first kappa shape index (κ1) is 15.4. The number of anilines is 1. The molecule has 0 spiro atoms. The van der Waals surface area contributed by atoms with Crippen molar-refractivity contribution in [1.29, 1.82) is 0 Å². The number of thiazole rings is 1. The molecule has 0 atom stereocenters. The number of rotatable bonds is 4.